The zero-order valence-corrected chi connectivity index (χ0v) is 13.8. The number of hydrogen-bond donors (Lipinski definition) is 0. The molecule has 126 valence electrons. The van der Waals surface area contributed by atoms with Gasteiger partial charge in [0.1, 0.15) is 23.5 Å². The van der Waals surface area contributed by atoms with Gasteiger partial charge in [-0.3, -0.25) is 4.79 Å². The van der Waals surface area contributed by atoms with E-state index < -0.39 is 5.63 Å². The lowest BCUT2D eigenvalue weighted by molar-refractivity contribution is 0.0728. The van der Waals surface area contributed by atoms with Crippen molar-refractivity contribution in [3.05, 3.63) is 75.6 Å². The van der Waals surface area contributed by atoms with Crippen molar-refractivity contribution >= 4 is 16.9 Å². The molecule has 0 N–H and O–H groups in total. The monoisotopic (exact) mass is 335 g/mol. The van der Waals surface area contributed by atoms with E-state index in [0.717, 1.165) is 16.7 Å². The summed E-state index contributed by atoms with van der Waals surface area (Å²) in [6.45, 7) is 3.00. The minimum absolute atomic E-state index is 0.0954. The maximum atomic E-state index is 13.1. The average molecular weight is 335 g/mol. The first kappa shape index (κ1) is 15.4. The number of carbonyl (C=O) groups excluding carboxylic acids is 1. The lowest BCUT2D eigenvalue weighted by atomic mass is 10.0. The first-order chi connectivity index (χ1) is 12.1. The van der Waals surface area contributed by atoms with Crippen LogP contribution in [-0.2, 0) is 6.54 Å². The predicted octanol–water partition coefficient (Wildman–Crippen LogP) is 3.14. The third-order valence-electron chi connectivity index (χ3n) is 4.53. The normalized spacial score (nSPS) is 13.9. The van der Waals surface area contributed by atoms with Crippen molar-refractivity contribution in [1.82, 2.24) is 4.90 Å². The number of hydrogen-bond acceptors (Lipinski definition) is 4. The summed E-state index contributed by atoms with van der Waals surface area (Å²) in [6.07, 6.45) is 0. The van der Waals surface area contributed by atoms with Gasteiger partial charge in [0.25, 0.3) is 5.91 Å². The van der Waals surface area contributed by atoms with Crippen molar-refractivity contribution in [3.63, 3.8) is 0 Å². The minimum atomic E-state index is -0.598. The van der Waals surface area contributed by atoms with Crippen LogP contribution in [0.5, 0.6) is 5.75 Å². The number of fused-ring (bicyclic) bond motifs is 2. The molecule has 0 fully saturated rings. The van der Waals surface area contributed by atoms with Crippen LogP contribution in [0.3, 0.4) is 0 Å². The molecular weight excluding hydrogens is 318 g/mol. The Morgan fingerprint density at radius 1 is 1.08 bits per heavy atom. The summed E-state index contributed by atoms with van der Waals surface area (Å²) >= 11 is 0. The summed E-state index contributed by atoms with van der Waals surface area (Å²) in [4.78, 5) is 27.1. The molecule has 0 radical (unpaired) electrons. The number of carbonyl (C=O) groups is 1. The summed E-state index contributed by atoms with van der Waals surface area (Å²) < 4.78 is 11.1. The molecule has 0 atom stereocenters. The molecule has 0 bridgehead atoms. The van der Waals surface area contributed by atoms with Gasteiger partial charge in [0.05, 0.1) is 6.54 Å². The predicted molar refractivity (Wildman–Crippen MR) is 93.9 cm³/mol. The van der Waals surface area contributed by atoms with Crippen LogP contribution in [0.4, 0.5) is 0 Å². The summed E-state index contributed by atoms with van der Waals surface area (Å²) in [5.74, 6) is 0.456. The first-order valence-corrected chi connectivity index (χ1v) is 8.17. The fourth-order valence-electron chi connectivity index (χ4n) is 3.21. The summed E-state index contributed by atoms with van der Waals surface area (Å²) in [5, 5.41) is 0.775. The molecule has 3 aromatic rings. The van der Waals surface area contributed by atoms with Crippen molar-refractivity contribution in [2.45, 2.75) is 13.5 Å². The number of rotatable bonds is 1. The number of aryl methyl sites for hydroxylation is 1. The molecule has 0 saturated heterocycles. The highest BCUT2D eigenvalue weighted by molar-refractivity contribution is 5.99. The fourth-order valence-corrected chi connectivity index (χ4v) is 3.21. The van der Waals surface area contributed by atoms with Crippen molar-refractivity contribution in [3.8, 4) is 5.75 Å². The second kappa shape index (κ2) is 6.09. The van der Waals surface area contributed by atoms with Gasteiger partial charge < -0.3 is 14.1 Å². The molecule has 1 aliphatic heterocycles. The number of ether oxygens (including phenoxy) is 1. The molecular formula is C20H17NO4. The van der Waals surface area contributed by atoms with Gasteiger partial charge in [0.15, 0.2) is 0 Å². The fraction of sp³-hybridized carbons (Fsp3) is 0.200. The molecule has 0 aliphatic carbocycles. The Labute approximate surface area is 144 Å². The molecule has 5 heteroatoms. The Bertz CT molecular complexity index is 1020. The number of amides is 1. The summed E-state index contributed by atoms with van der Waals surface area (Å²) in [7, 11) is 0. The van der Waals surface area contributed by atoms with E-state index in [4.69, 9.17) is 9.15 Å². The van der Waals surface area contributed by atoms with Gasteiger partial charge in [-0.2, -0.15) is 0 Å². The Balaban J connectivity index is 1.76. The molecule has 1 aliphatic rings. The lowest BCUT2D eigenvalue weighted by Crippen LogP contribution is -2.36. The van der Waals surface area contributed by atoms with Gasteiger partial charge in [-0.25, -0.2) is 4.79 Å². The van der Waals surface area contributed by atoms with Crippen LogP contribution in [0, 0.1) is 6.92 Å². The molecule has 4 rings (SSSR count). The zero-order chi connectivity index (χ0) is 17.4. The van der Waals surface area contributed by atoms with Crippen LogP contribution in [0.15, 0.2) is 57.7 Å². The van der Waals surface area contributed by atoms with Crippen LogP contribution in [0.2, 0.25) is 0 Å². The van der Waals surface area contributed by atoms with Gasteiger partial charge in [-0.1, -0.05) is 36.4 Å². The molecule has 1 amide bonds. The maximum absolute atomic E-state index is 13.1. The van der Waals surface area contributed by atoms with E-state index in [-0.39, 0.29) is 11.5 Å². The number of para-hydroxylation sites is 2. The Kier molecular flexibility index (Phi) is 3.76. The molecule has 2 aromatic carbocycles. The second-order valence-electron chi connectivity index (χ2n) is 6.07. The van der Waals surface area contributed by atoms with Crippen molar-refractivity contribution in [2.24, 2.45) is 0 Å². The lowest BCUT2D eigenvalue weighted by Gasteiger charge is -2.20. The van der Waals surface area contributed by atoms with Gasteiger partial charge in [0.2, 0.25) is 0 Å². The standard InChI is InChI=1S/C20H17NO4/c1-13-15-7-3-5-9-17(15)25-20(23)18(13)19(22)21-10-11-24-16-8-4-2-6-14(16)12-21/h2-9H,10-12H2,1H3. The van der Waals surface area contributed by atoms with Crippen LogP contribution >= 0.6 is 0 Å². The maximum Gasteiger partial charge on any atom is 0.349 e. The smallest absolute Gasteiger partial charge is 0.349 e. The van der Waals surface area contributed by atoms with E-state index in [1.165, 1.54) is 0 Å². The van der Waals surface area contributed by atoms with E-state index in [0.29, 0.717) is 30.8 Å². The van der Waals surface area contributed by atoms with E-state index in [9.17, 15) is 9.59 Å². The molecule has 0 saturated carbocycles. The Morgan fingerprint density at radius 3 is 2.72 bits per heavy atom. The second-order valence-corrected chi connectivity index (χ2v) is 6.07. The largest absolute Gasteiger partial charge is 0.491 e. The Hall–Kier alpha value is -3.08. The van der Waals surface area contributed by atoms with Crippen molar-refractivity contribution in [2.75, 3.05) is 13.2 Å². The summed E-state index contributed by atoms with van der Waals surface area (Å²) in [5.41, 5.74) is 1.57. The van der Waals surface area contributed by atoms with Crippen molar-refractivity contribution in [1.29, 1.82) is 0 Å². The first-order valence-electron chi connectivity index (χ1n) is 8.17. The number of nitrogens with zero attached hydrogens (tertiary/aromatic N) is 1. The van der Waals surface area contributed by atoms with Crippen LogP contribution < -0.4 is 10.4 Å². The third-order valence-corrected chi connectivity index (χ3v) is 4.53. The highest BCUT2D eigenvalue weighted by Gasteiger charge is 2.26. The van der Waals surface area contributed by atoms with E-state index >= 15 is 0 Å². The van der Waals surface area contributed by atoms with Gasteiger partial charge >= 0.3 is 5.63 Å². The number of benzene rings is 2. The van der Waals surface area contributed by atoms with E-state index in [2.05, 4.69) is 0 Å². The summed E-state index contributed by atoms with van der Waals surface area (Å²) in [6, 6.07) is 14.9. The Morgan fingerprint density at radius 2 is 1.84 bits per heavy atom. The third kappa shape index (κ3) is 2.67. The van der Waals surface area contributed by atoms with Gasteiger partial charge in [-0.15, -0.1) is 0 Å². The minimum Gasteiger partial charge on any atom is -0.491 e. The topological polar surface area (TPSA) is 59.8 Å². The van der Waals surface area contributed by atoms with Crippen molar-refractivity contribution < 1.29 is 13.9 Å². The van der Waals surface area contributed by atoms with Crippen LogP contribution in [0.1, 0.15) is 21.5 Å². The van der Waals surface area contributed by atoms with Gasteiger partial charge in [0, 0.05) is 17.5 Å². The molecule has 5 nitrogen and oxygen atoms in total. The molecule has 0 unspecified atom stereocenters. The molecule has 1 aromatic heterocycles. The molecule has 0 spiro atoms. The van der Waals surface area contributed by atoms with Crippen LogP contribution in [-0.4, -0.2) is 24.0 Å². The highest BCUT2D eigenvalue weighted by atomic mass is 16.5. The zero-order valence-electron chi connectivity index (χ0n) is 13.8. The SMILES string of the molecule is Cc1c(C(=O)N2CCOc3ccccc3C2)c(=O)oc2ccccc12. The molecule has 25 heavy (non-hydrogen) atoms. The quantitative estimate of drug-likeness (QED) is 0.641. The van der Waals surface area contributed by atoms with E-state index in [1.807, 2.05) is 36.4 Å². The van der Waals surface area contributed by atoms with E-state index in [1.54, 1.807) is 24.0 Å². The van der Waals surface area contributed by atoms with Gasteiger partial charge in [-0.05, 0) is 24.6 Å². The molecule has 2 heterocycles. The average Bonchev–Trinajstić information content (AvgIpc) is 2.84. The van der Waals surface area contributed by atoms with Crippen LogP contribution in [0.25, 0.3) is 11.0 Å². The highest BCUT2D eigenvalue weighted by Crippen LogP contribution is 2.25.